The Morgan fingerprint density at radius 3 is 2.50 bits per heavy atom. The van der Waals surface area contributed by atoms with E-state index in [1.54, 1.807) is 6.26 Å². The van der Waals surface area contributed by atoms with E-state index >= 15 is 0 Å². The van der Waals surface area contributed by atoms with Crippen molar-refractivity contribution < 1.29 is 12.8 Å². The molecule has 0 aliphatic rings. The summed E-state index contributed by atoms with van der Waals surface area (Å²) in [6, 6.07) is 5.57. The summed E-state index contributed by atoms with van der Waals surface area (Å²) in [6.45, 7) is 0. The number of hydrogen-bond donors (Lipinski definition) is 0. The second-order valence-electron chi connectivity index (χ2n) is 4.97. The Morgan fingerprint density at radius 2 is 1.88 bits per heavy atom. The maximum Gasteiger partial charge on any atom is 0.271 e. The van der Waals surface area contributed by atoms with Gasteiger partial charge in [0.05, 0.1) is 4.90 Å². The number of fused-ring (bicyclic) bond motifs is 1. The molecule has 0 aliphatic carbocycles. The fourth-order valence-corrected chi connectivity index (χ4v) is 3.97. The molecule has 0 saturated carbocycles. The largest absolute Gasteiger partial charge is 0.295 e. The molecule has 0 fully saturated rings. The summed E-state index contributed by atoms with van der Waals surface area (Å²) in [7, 11) is -2.63. The lowest BCUT2D eigenvalue weighted by Crippen LogP contribution is -2.25. The van der Waals surface area contributed by atoms with Crippen LogP contribution in [0.4, 0.5) is 4.39 Å². The quantitative estimate of drug-likeness (QED) is 0.401. The summed E-state index contributed by atoms with van der Waals surface area (Å²) in [4.78, 5) is 20.3. The molecule has 124 valence electrons. The molecule has 0 N–H and O–H groups in total. The molecular formula is C15H12FN3O3S2. The van der Waals surface area contributed by atoms with Crippen LogP contribution in [0.5, 0.6) is 0 Å². The molecule has 0 amide bonds. The zero-order valence-corrected chi connectivity index (χ0v) is 14.4. The van der Waals surface area contributed by atoms with E-state index in [4.69, 9.17) is 0 Å². The average molecular weight is 365 g/mol. The fraction of sp³-hybridized carbons (Fsp3) is 0.133. The molecule has 6 nitrogen and oxygen atoms in total. The van der Waals surface area contributed by atoms with Crippen LogP contribution in [0.3, 0.4) is 0 Å². The summed E-state index contributed by atoms with van der Waals surface area (Å²) in [5.74, 6) is -0.557. The second kappa shape index (κ2) is 5.99. The summed E-state index contributed by atoms with van der Waals surface area (Å²) in [5.41, 5.74) is -0.352. The van der Waals surface area contributed by atoms with Crippen LogP contribution in [-0.4, -0.2) is 29.2 Å². The Hall–Kier alpha value is -2.26. The van der Waals surface area contributed by atoms with Crippen molar-refractivity contribution in [3.63, 3.8) is 0 Å². The van der Waals surface area contributed by atoms with Crippen molar-refractivity contribution in [3.8, 4) is 0 Å². The summed E-state index contributed by atoms with van der Waals surface area (Å²) < 4.78 is 39.6. The summed E-state index contributed by atoms with van der Waals surface area (Å²) in [5, 5.41) is 0.905. The van der Waals surface area contributed by atoms with E-state index in [0.29, 0.717) is 16.2 Å². The first-order valence-electron chi connectivity index (χ1n) is 6.76. The molecule has 3 rings (SSSR count). The maximum absolute atomic E-state index is 13.0. The van der Waals surface area contributed by atoms with E-state index in [0.717, 1.165) is 24.3 Å². The Kier molecular flexibility index (Phi) is 4.14. The number of nitrogens with zero attached hydrogens (tertiary/aromatic N) is 3. The highest BCUT2D eigenvalue weighted by Crippen LogP contribution is 2.22. The fourth-order valence-electron chi connectivity index (χ4n) is 2.23. The number of halogens is 1. The lowest BCUT2D eigenvalue weighted by Gasteiger charge is -2.09. The van der Waals surface area contributed by atoms with E-state index in [1.165, 1.54) is 35.6 Å². The third kappa shape index (κ3) is 2.69. The molecule has 2 aromatic heterocycles. The lowest BCUT2D eigenvalue weighted by molar-refractivity contribution is 0.592. The number of rotatable bonds is 3. The molecule has 0 spiro atoms. The van der Waals surface area contributed by atoms with E-state index in [2.05, 4.69) is 9.97 Å². The number of aryl methyl sites for hydroxylation is 1. The minimum absolute atomic E-state index is 0.151. The van der Waals surface area contributed by atoms with Crippen LogP contribution in [0.1, 0.15) is 0 Å². The zero-order valence-electron chi connectivity index (χ0n) is 12.7. The molecule has 0 aliphatic heterocycles. The van der Waals surface area contributed by atoms with Crippen molar-refractivity contribution >= 4 is 32.6 Å². The van der Waals surface area contributed by atoms with Crippen LogP contribution in [0.25, 0.3) is 11.0 Å². The van der Waals surface area contributed by atoms with Gasteiger partial charge in [-0.15, -0.1) is 0 Å². The second-order valence-corrected chi connectivity index (χ2v) is 7.66. The maximum atomic E-state index is 13.0. The number of pyridine rings is 1. The number of thioether (sulfide) groups is 1. The highest BCUT2D eigenvalue weighted by atomic mass is 32.2. The Balaban J connectivity index is 2.28. The van der Waals surface area contributed by atoms with Crippen LogP contribution < -0.4 is 5.56 Å². The minimum atomic E-state index is -4.08. The van der Waals surface area contributed by atoms with Gasteiger partial charge in [-0.3, -0.25) is 9.36 Å². The normalized spacial score (nSPS) is 11.8. The van der Waals surface area contributed by atoms with Gasteiger partial charge in [-0.1, -0.05) is 11.8 Å². The van der Waals surface area contributed by atoms with Crippen molar-refractivity contribution in [1.29, 1.82) is 0 Å². The molecular weight excluding hydrogens is 353 g/mol. The third-order valence-corrected chi connectivity index (χ3v) is 5.82. The number of sulfone groups is 1. The van der Waals surface area contributed by atoms with Gasteiger partial charge in [0.1, 0.15) is 16.4 Å². The number of benzene rings is 1. The third-order valence-electron chi connectivity index (χ3n) is 3.49. The summed E-state index contributed by atoms with van der Waals surface area (Å²) in [6.07, 6.45) is 3.27. The van der Waals surface area contributed by atoms with Crippen molar-refractivity contribution in [2.24, 2.45) is 7.05 Å². The summed E-state index contributed by atoms with van der Waals surface area (Å²) >= 11 is 1.31. The molecule has 24 heavy (non-hydrogen) atoms. The zero-order chi connectivity index (χ0) is 17.5. The van der Waals surface area contributed by atoms with Crippen molar-refractivity contribution in [2.45, 2.75) is 14.9 Å². The van der Waals surface area contributed by atoms with Gasteiger partial charge in [0.25, 0.3) is 5.56 Å². The molecule has 1 aromatic carbocycles. The number of aromatic nitrogens is 3. The SMILES string of the molecule is CSc1ncc2cc(S(=O)(=O)c3ccc(F)cc3)c(=O)n(C)c2n1. The average Bonchev–Trinajstić information content (AvgIpc) is 2.58. The predicted molar refractivity (Wildman–Crippen MR) is 88.4 cm³/mol. The molecule has 0 bridgehead atoms. The van der Waals surface area contributed by atoms with Gasteiger partial charge in [-0.05, 0) is 36.6 Å². The smallest absolute Gasteiger partial charge is 0.271 e. The van der Waals surface area contributed by atoms with Crippen molar-refractivity contribution in [2.75, 3.05) is 6.26 Å². The molecule has 2 heterocycles. The molecule has 0 unspecified atom stereocenters. The molecule has 0 atom stereocenters. The van der Waals surface area contributed by atoms with Crippen molar-refractivity contribution in [1.82, 2.24) is 14.5 Å². The topological polar surface area (TPSA) is 81.9 Å². The molecule has 0 radical (unpaired) electrons. The van der Waals surface area contributed by atoms with Crippen LogP contribution in [0, 0.1) is 5.82 Å². The standard InChI is InChI=1S/C15H12FN3O3S2/c1-19-13-9(8-17-15(18-13)23-2)7-12(14(19)20)24(21,22)11-5-3-10(16)4-6-11/h3-8H,1-2H3. The van der Waals surface area contributed by atoms with Gasteiger partial charge < -0.3 is 0 Å². The monoisotopic (exact) mass is 365 g/mol. The van der Waals surface area contributed by atoms with Gasteiger partial charge in [0.15, 0.2) is 5.16 Å². The van der Waals surface area contributed by atoms with Crippen LogP contribution >= 0.6 is 11.8 Å². The first-order chi connectivity index (χ1) is 11.3. The predicted octanol–water partition coefficient (Wildman–Crippen LogP) is 2.02. The van der Waals surface area contributed by atoms with E-state index in [-0.39, 0.29) is 4.90 Å². The number of hydrogen-bond acceptors (Lipinski definition) is 6. The first-order valence-corrected chi connectivity index (χ1v) is 9.47. The van der Waals surface area contributed by atoms with Crippen molar-refractivity contribution in [3.05, 3.63) is 52.7 Å². The Morgan fingerprint density at radius 1 is 1.21 bits per heavy atom. The van der Waals surface area contributed by atoms with E-state index in [1.807, 2.05) is 0 Å². The highest BCUT2D eigenvalue weighted by Gasteiger charge is 2.23. The van der Waals surface area contributed by atoms with Gasteiger partial charge in [0.2, 0.25) is 9.84 Å². The van der Waals surface area contributed by atoms with E-state index in [9.17, 15) is 17.6 Å². The lowest BCUT2D eigenvalue weighted by atomic mass is 10.3. The Labute approximate surface area is 141 Å². The van der Waals surface area contributed by atoms with Gasteiger partial charge in [-0.2, -0.15) is 0 Å². The first kappa shape index (κ1) is 16.6. The highest BCUT2D eigenvalue weighted by molar-refractivity contribution is 7.98. The van der Waals surface area contributed by atoms with Crippen LogP contribution in [0.15, 0.2) is 56.3 Å². The minimum Gasteiger partial charge on any atom is -0.295 e. The molecule has 0 saturated heterocycles. The Bertz CT molecular complexity index is 1090. The molecule has 9 heteroatoms. The van der Waals surface area contributed by atoms with Crippen LogP contribution in [-0.2, 0) is 16.9 Å². The van der Waals surface area contributed by atoms with E-state index < -0.39 is 26.1 Å². The van der Waals surface area contributed by atoms with Gasteiger partial charge in [0, 0.05) is 18.6 Å². The molecule has 3 aromatic rings. The van der Waals surface area contributed by atoms with Crippen LogP contribution in [0.2, 0.25) is 0 Å². The van der Waals surface area contributed by atoms with Gasteiger partial charge >= 0.3 is 0 Å². The van der Waals surface area contributed by atoms with Gasteiger partial charge in [-0.25, -0.2) is 22.8 Å².